The van der Waals surface area contributed by atoms with Gasteiger partial charge in [-0.1, -0.05) is 12.5 Å². The van der Waals surface area contributed by atoms with E-state index in [0.29, 0.717) is 41.1 Å². The Balaban J connectivity index is 1.46. The second-order valence-corrected chi connectivity index (χ2v) is 12.3. The third-order valence-corrected chi connectivity index (χ3v) is 9.77. The second-order valence-electron chi connectivity index (χ2n) is 10.4. The zero-order valence-corrected chi connectivity index (χ0v) is 23.1. The van der Waals surface area contributed by atoms with E-state index in [2.05, 4.69) is 10.1 Å². The minimum absolute atomic E-state index is 0.0738. The molecule has 1 saturated heterocycles. The Hall–Kier alpha value is -4.16. The summed E-state index contributed by atoms with van der Waals surface area (Å²) >= 11 is 0. The zero-order chi connectivity index (χ0) is 29.8. The topological polar surface area (TPSA) is 85.2 Å². The van der Waals surface area contributed by atoms with E-state index >= 15 is 0 Å². The highest BCUT2D eigenvalue weighted by molar-refractivity contribution is 7.89. The van der Waals surface area contributed by atoms with E-state index in [9.17, 15) is 30.8 Å². The maximum atomic E-state index is 14.3. The number of sulfonamides is 1. The Morgan fingerprint density at radius 2 is 1.74 bits per heavy atom. The molecule has 1 unspecified atom stereocenters. The van der Waals surface area contributed by atoms with Crippen LogP contribution >= 0.6 is 0 Å². The molecule has 1 fully saturated rings. The van der Waals surface area contributed by atoms with Crippen LogP contribution in [0.1, 0.15) is 40.7 Å². The summed E-state index contributed by atoms with van der Waals surface area (Å²) in [5, 5.41) is 4.46. The van der Waals surface area contributed by atoms with Crippen LogP contribution in [0.4, 0.5) is 17.6 Å². The van der Waals surface area contributed by atoms with E-state index in [1.165, 1.54) is 18.3 Å². The van der Waals surface area contributed by atoms with Gasteiger partial charge in [0.1, 0.15) is 11.5 Å². The van der Waals surface area contributed by atoms with E-state index in [1.54, 1.807) is 41.2 Å². The van der Waals surface area contributed by atoms with Crippen molar-refractivity contribution in [3.8, 4) is 5.69 Å². The van der Waals surface area contributed by atoms with Crippen LogP contribution in [0.15, 0.2) is 71.4 Å². The average molecular weight is 597 g/mol. The molecule has 0 amide bonds. The minimum atomic E-state index is -4.53. The predicted molar refractivity (Wildman–Crippen MR) is 145 cm³/mol. The number of halogens is 4. The molecule has 2 aliphatic rings. The summed E-state index contributed by atoms with van der Waals surface area (Å²) in [5.41, 5.74) is 2.21. The number of carbonyl (C=O) groups excluding carboxylic acids is 1. The Kier molecular flexibility index (Phi) is 6.85. The van der Waals surface area contributed by atoms with Crippen LogP contribution in [0, 0.1) is 28.7 Å². The molecule has 0 N–H and O–H groups in total. The smallest absolute Gasteiger partial charge is 0.243 e. The number of piperidine rings is 1. The fourth-order valence-electron chi connectivity index (χ4n) is 5.70. The van der Waals surface area contributed by atoms with Gasteiger partial charge in [0, 0.05) is 19.3 Å². The number of Topliss-reactive ketones (excluding diaryl/α,β-unsaturated/α-hetero) is 1. The van der Waals surface area contributed by atoms with Crippen molar-refractivity contribution in [2.75, 3.05) is 13.1 Å². The van der Waals surface area contributed by atoms with Crippen molar-refractivity contribution in [1.29, 1.82) is 0 Å². The van der Waals surface area contributed by atoms with Gasteiger partial charge in [-0.15, -0.1) is 0 Å². The number of pyridine rings is 1. The molecule has 0 saturated carbocycles. The summed E-state index contributed by atoms with van der Waals surface area (Å²) < 4.78 is 85.1. The lowest BCUT2D eigenvalue weighted by Gasteiger charge is -2.44. The second kappa shape index (κ2) is 10.3. The van der Waals surface area contributed by atoms with Gasteiger partial charge in [0.25, 0.3) is 0 Å². The van der Waals surface area contributed by atoms with E-state index in [1.807, 2.05) is 6.92 Å². The highest BCUT2D eigenvalue weighted by Crippen LogP contribution is 2.47. The molecule has 42 heavy (non-hydrogen) atoms. The maximum absolute atomic E-state index is 14.3. The standard InChI is InChI=1S/C30H24F4N4O3S/c1-2-18-7-9-35-26(11-18)29(39)30-15-19-16-36-38(22-5-3-21(31)4-6-22)27(19)12-20(30)8-10-37(17-30)42(40,41)23-13-24(32)28(34)25(33)14-23/h3-7,9,11-14,16H,2,8,10,15,17H2,1H3. The van der Waals surface area contributed by atoms with Crippen molar-refractivity contribution in [3.63, 3.8) is 0 Å². The minimum Gasteiger partial charge on any atom is -0.291 e. The Morgan fingerprint density at radius 1 is 1.02 bits per heavy atom. The third kappa shape index (κ3) is 4.54. The summed E-state index contributed by atoms with van der Waals surface area (Å²) in [7, 11) is -4.53. The number of nitrogens with zero attached hydrogens (tertiary/aromatic N) is 4. The van der Waals surface area contributed by atoms with Crippen LogP contribution in [0.2, 0.25) is 0 Å². The molecule has 1 aliphatic carbocycles. The van der Waals surface area contributed by atoms with Crippen LogP contribution in [0.25, 0.3) is 11.8 Å². The first-order valence-electron chi connectivity index (χ1n) is 13.2. The van der Waals surface area contributed by atoms with Crippen LogP contribution < -0.4 is 0 Å². The number of aryl methyl sites for hydroxylation is 1. The normalized spacial score (nSPS) is 18.7. The fourth-order valence-corrected chi connectivity index (χ4v) is 7.23. The number of aromatic nitrogens is 3. The van der Waals surface area contributed by atoms with Gasteiger partial charge in [0.2, 0.25) is 10.0 Å². The Morgan fingerprint density at radius 3 is 2.43 bits per heavy atom. The predicted octanol–water partition coefficient (Wildman–Crippen LogP) is 5.29. The molecular weight excluding hydrogens is 572 g/mol. The van der Waals surface area contributed by atoms with Crippen LogP contribution in [0.3, 0.4) is 0 Å². The van der Waals surface area contributed by atoms with E-state index < -0.39 is 49.4 Å². The summed E-state index contributed by atoms with van der Waals surface area (Å²) in [6, 6.07) is 10.1. The quantitative estimate of drug-likeness (QED) is 0.172. The lowest BCUT2D eigenvalue weighted by atomic mass is 9.65. The summed E-state index contributed by atoms with van der Waals surface area (Å²) in [4.78, 5) is 17.9. The summed E-state index contributed by atoms with van der Waals surface area (Å²) in [6.45, 7) is 1.51. The Labute approximate surface area is 239 Å². The van der Waals surface area contributed by atoms with Crippen molar-refractivity contribution in [3.05, 3.63) is 112 Å². The molecule has 0 spiro atoms. The number of carbonyl (C=O) groups is 1. The first-order chi connectivity index (χ1) is 20.0. The molecule has 0 radical (unpaired) electrons. The van der Waals surface area contributed by atoms with Gasteiger partial charge < -0.3 is 0 Å². The molecule has 4 aromatic rings. The number of fused-ring (bicyclic) bond motifs is 2. The van der Waals surface area contributed by atoms with Gasteiger partial charge in [-0.3, -0.25) is 9.78 Å². The highest BCUT2D eigenvalue weighted by Gasteiger charge is 2.51. The average Bonchev–Trinajstić information content (AvgIpc) is 3.40. The first-order valence-corrected chi connectivity index (χ1v) is 14.7. The molecule has 2 aromatic heterocycles. The zero-order valence-electron chi connectivity index (χ0n) is 22.3. The molecule has 216 valence electrons. The van der Waals surface area contributed by atoms with E-state index in [4.69, 9.17) is 0 Å². The van der Waals surface area contributed by atoms with Crippen LogP contribution in [-0.2, 0) is 22.9 Å². The highest BCUT2D eigenvalue weighted by atomic mass is 32.2. The molecule has 12 heteroatoms. The van der Waals surface area contributed by atoms with Gasteiger partial charge in [0.05, 0.1) is 27.9 Å². The summed E-state index contributed by atoms with van der Waals surface area (Å²) in [6.07, 6.45) is 5.75. The van der Waals surface area contributed by atoms with Crippen molar-refractivity contribution in [1.82, 2.24) is 19.1 Å². The van der Waals surface area contributed by atoms with Gasteiger partial charge in [-0.2, -0.15) is 9.40 Å². The number of ketones is 1. The number of hydrogen-bond acceptors (Lipinski definition) is 5. The molecule has 2 aromatic carbocycles. The van der Waals surface area contributed by atoms with Gasteiger partial charge in [0.15, 0.2) is 23.2 Å². The number of rotatable bonds is 6. The SMILES string of the molecule is CCc1ccnc(C(=O)C23Cc4cnn(-c5ccc(F)cc5)c4C=C2CCN(S(=O)(=O)c2cc(F)c(F)c(F)c2)C3)c1. The first kappa shape index (κ1) is 28.0. The van der Waals surface area contributed by atoms with Crippen molar-refractivity contribution in [2.45, 2.75) is 31.1 Å². The Bertz CT molecular complexity index is 1850. The van der Waals surface area contributed by atoms with E-state index in [-0.39, 0.29) is 31.6 Å². The molecular formula is C30H24F4N4O3S. The van der Waals surface area contributed by atoms with Gasteiger partial charge in [-0.05, 0) is 85.0 Å². The monoisotopic (exact) mass is 596 g/mol. The van der Waals surface area contributed by atoms with Crippen molar-refractivity contribution < 1.29 is 30.8 Å². The molecule has 6 rings (SSSR count). The number of hydrogen-bond donors (Lipinski definition) is 0. The molecule has 7 nitrogen and oxygen atoms in total. The van der Waals surface area contributed by atoms with Crippen LogP contribution in [0.5, 0.6) is 0 Å². The van der Waals surface area contributed by atoms with Gasteiger partial charge >= 0.3 is 0 Å². The molecule has 0 bridgehead atoms. The van der Waals surface area contributed by atoms with Crippen molar-refractivity contribution >= 4 is 21.9 Å². The lowest BCUT2D eigenvalue weighted by molar-refractivity contribution is 0.0770. The van der Waals surface area contributed by atoms with E-state index in [0.717, 1.165) is 9.87 Å². The summed E-state index contributed by atoms with van der Waals surface area (Å²) in [5.74, 6) is -5.84. The number of benzene rings is 2. The molecule has 3 heterocycles. The largest absolute Gasteiger partial charge is 0.291 e. The van der Waals surface area contributed by atoms with Crippen molar-refractivity contribution in [2.24, 2.45) is 5.41 Å². The lowest BCUT2D eigenvalue weighted by Crippen LogP contribution is -2.53. The van der Waals surface area contributed by atoms with Crippen LogP contribution in [-0.4, -0.2) is 46.4 Å². The maximum Gasteiger partial charge on any atom is 0.243 e. The molecule has 1 atom stereocenters. The third-order valence-electron chi connectivity index (χ3n) is 7.95. The molecule has 1 aliphatic heterocycles. The van der Waals surface area contributed by atoms with Gasteiger partial charge in [-0.25, -0.2) is 30.7 Å². The fraction of sp³-hybridized carbons (Fsp3) is 0.233.